The van der Waals surface area contributed by atoms with Crippen LogP contribution in [0, 0.1) is 0 Å². The van der Waals surface area contributed by atoms with Crippen molar-refractivity contribution in [1.29, 1.82) is 0 Å². The lowest BCUT2D eigenvalue weighted by molar-refractivity contribution is 0.127. The van der Waals surface area contributed by atoms with E-state index >= 15 is 0 Å². The van der Waals surface area contributed by atoms with Crippen molar-refractivity contribution < 1.29 is 4.74 Å². The molecule has 0 aliphatic rings. The molecule has 2 aromatic rings. The molecular weight excluding hydrogens is 248 g/mol. The molecule has 20 heavy (non-hydrogen) atoms. The lowest BCUT2D eigenvalue weighted by atomic mass is 10.1. The summed E-state index contributed by atoms with van der Waals surface area (Å²) in [7, 11) is 0. The van der Waals surface area contributed by atoms with Crippen molar-refractivity contribution in [2.75, 3.05) is 13.2 Å². The van der Waals surface area contributed by atoms with Crippen molar-refractivity contribution in [2.45, 2.75) is 46.3 Å². The van der Waals surface area contributed by atoms with Gasteiger partial charge in [-0.1, -0.05) is 32.9 Å². The number of hydrogen-bond acceptors (Lipinski definition) is 2. The normalized spacial score (nSPS) is 11.6. The molecule has 3 heteroatoms. The highest BCUT2D eigenvalue weighted by molar-refractivity contribution is 5.80. The summed E-state index contributed by atoms with van der Waals surface area (Å²) in [4.78, 5) is 0. The Hall–Kier alpha value is -1.32. The van der Waals surface area contributed by atoms with E-state index < -0.39 is 0 Å². The maximum atomic E-state index is 5.58. The van der Waals surface area contributed by atoms with Gasteiger partial charge in [0.2, 0.25) is 0 Å². The van der Waals surface area contributed by atoms with Crippen LogP contribution in [-0.2, 0) is 17.8 Å². The Morgan fingerprint density at radius 2 is 2.05 bits per heavy atom. The lowest BCUT2D eigenvalue weighted by Crippen LogP contribution is -2.21. The van der Waals surface area contributed by atoms with E-state index in [0.29, 0.717) is 6.04 Å². The predicted molar refractivity (Wildman–Crippen MR) is 85.0 cm³/mol. The van der Waals surface area contributed by atoms with Gasteiger partial charge in [0.25, 0.3) is 0 Å². The molecule has 0 atom stereocenters. The number of hydrogen-bond donors (Lipinski definition) is 1. The summed E-state index contributed by atoms with van der Waals surface area (Å²) in [5.41, 5.74) is 2.63. The number of nitrogens with one attached hydrogen (secondary N) is 1. The Kier molecular flexibility index (Phi) is 5.62. The maximum absolute atomic E-state index is 5.58. The van der Waals surface area contributed by atoms with E-state index in [1.807, 2.05) is 0 Å². The van der Waals surface area contributed by atoms with Gasteiger partial charge in [-0.25, -0.2) is 0 Å². The predicted octanol–water partition coefficient (Wildman–Crippen LogP) is 3.57. The summed E-state index contributed by atoms with van der Waals surface area (Å²) in [5.74, 6) is 0. The maximum Gasteiger partial charge on any atom is 0.0645 e. The third kappa shape index (κ3) is 4.09. The van der Waals surface area contributed by atoms with E-state index in [9.17, 15) is 0 Å². The van der Waals surface area contributed by atoms with Crippen LogP contribution in [0.15, 0.2) is 30.5 Å². The Morgan fingerprint density at radius 3 is 2.80 bits per heavy atom. The summed E-state index contributed by atoms with van der Waals surface area (Å²) >= 11 is 0. The van der Waals surface area contributed by atoms with Crippen LogP contribution in [0.1, 0.15) is 32.8 Å². The molecule has 0 unspecified atom stereocenters. The molecule has 0 aliphatic heterocycles. The van der Waals surface area contributed by atoms with Crippen LogP contribution >= 0.6 is 0 Å². The fraction of sp³-hybridized carbons (Fsp3) is 0.529. The van der Waals surface area contributed by atoms with E-state index in [0.717, 1.165) is 32.7 Å². The number of aromatic nitrogens is 1. The van der Waals surface area contributed by atoms with Gasteiger partial charge in [0, 0.05) is 37.5 Å². The first-order valence-corrected chi connectivity index (χ1v) is 7.59. The van der Waals surface area contributed by atoms with Crippen LogP contribution in [0.5, 0.6) is 0 Å². The summed E-state index contributed by atoms with van der Waals surface area (Å²) < 4.78 is 7.86. The van der Waals surface area contributed by atoms with E-state index in [2.05, 4.69) is 61.1 Å². The average Bonchev–Trinajstić information content (AvgIpc) is 2.84. The molecule has 1 N–H and O–H groups in total. The molecule has 0 amide bonds. The quantitative estimate of drug-likeness (QED) is 0.745. The van der Waals surface area contributed by atoms with Gasteiger partial charge in [0.05, 0.1) is 6.61 Å². The summed E-state index contributed by atoms with van der Waals surface area (Å²) in [6.07, 6.45) is 3.23. The van der Waals surface area contributed by atoms with E-state index in [4.69, 9.17) is 4.74 Å². The molecule has 3 nitrogen and oxygen atoms in total. The first-order chi connectivity index (χ1) is 9.70. The third-order valence-corrected chi connectivity index (χ3v) is 3.38. The second-order valence-corrected chi connectivity index (χ2v) is 5.55. The fourth-order valence-electron chi connectivity index (χ4n) is 2.27. The third-order valence-electron chi connectivity index (χ3n) is 3.38. The Labute approximate surface area is 121 Å². The SMILES string of the molecule is CCCOCCn1ccc2ccc(CNC(C)C)cc21. The van der Waals surface area contributed by atoms with Crippen LogP contribution in [0.2, 0.25) is 0 Å². The molecule has 1 aromatic carbocycles. The summed E-state index contributed by atoms with van der Waals surface area (Å²) in [5, 5.41) is 4.76. The summed E-state index contributed by atoms with van der Waals surface area (Å²) in [6, 6.07) is 9.38. The van der Waals surface area contributed by atoms with Crippen molar-refractivity contribution in [3.63, 3.8) is 0 Å². The average molecular weight is 274 g/mol. The van der Waals surface area contributed by atoms with Gasteiger partial charge in [-0.3, -0.25) is 0 Å². The van der Waals surface area contributed by atoms with Gasteiger partial charge in [0.1, 0.15) is 0 Å². The molecule has 0 saturated carbocycles. The van der Waals surface area contributed by atoms with Gasteiger partial charge in [-0.2, -0.15) is 0 Å². The monoisotopic (exact) mass is 274 g/mol. The highest BCUT2D eigenvalue weighted by atomic mass is 16.5. The zero-order chi connectivity index (χ0) is 14.4. The number of nitrogens with zero attached hydrogens (tertiary/aromatic N) is 1. The van der Waals surface area contributed by atoms with E-state index in [1.54, 1.807) is 0 Å². The minimum absolute atomic E-state index is 0.514. The Morgan fingerprint density at radius 1 is 1.20 bits per heavy atom. The lowest BCUT2D eigenvalue weighted by Gasteiger charge is -2.10. The fourth-order valence-corrected chi connectivity index (χ4v) is 2.27. The van der Waals surface area contributed by atoms with Crippen LogP contribution in [0.3, 0.4) is 0 Å². The van der Waals surface area contributed by atoms with Crippen LogP contribution in [0.25, 0.3) is 10.9 Å². The molecule has 0 fully saturated rings. The first-order valence-electron chi connectivity index (χ1n) is 7.59. The topological polar surface area (TPSA) is 26.2 Å². The van der Waals surface area contributed by atoms with Gasteiger partial charge >= 0.3 is 0 Å². The minimum atomic E-state index is 0.514. The number of ether oxygens (including phenoxy) is 1. The van der Waals surface area contributed by atoms with Crippen molar-refractivity contribution in [3.05, 3.63) is 36.0 Å². The molecule has 0 bridgehead atoms. The van der Waals surface area contributed by atoms with Crippen LogP contribution < -0.4 is 5.32 Å². The second-order valence-electron chi connectivity index (χ2n) is 5.55. The highest BCUT2D eigenvalue weighted by Crippen LogP contribution is 2.18. The van der Waals surface area contributed by atoms with Crippen molar-refractivity contribution in [3.8, 4) is 0 Å². The van der Waals surface area contributed by atoms with E-state index in [1.165, 1.54) is 16.5 Å². The number of fused-ring (bicyclic) bond motifs is 1. The number of rotatable bonds is 8. The Balaban J connectivity index is 2.05. The van der Waals surface area contributed by atoms with Crippen LogP contribution in [-0.4, -0.2) is 23.8 Å². The smallest absolute Gasteiger partial charge is 0.0645 e. The van der Waals surface area contributed by atoms with Crippen LogP contribution in [0.4, 0.5) is 0 Å². The van der Waals surface area contributed by atoms with Gasteiger partial charge in [-0.05, 0) is 29.5 Å². The first kappa shape index (κ1) is 15.1. The Bertz CT molecular complexity index is 531. The largest absolute Gasteiger partial charge is 0.380 e. The number of benzene rings is 1. The zero-order valence-electron chi connectivity index (χ0n) is 12.9. The van der Waals surface area contributed by atoms with Gasteiger partial charge in [-0.15, -0.1) is 0 Å². The summed E-state index contributed by atoms with van der Waals surface area (Å²) in [6.45, 7) is 9.96. The zero-order valence-corrected chi connectivity index (χ0v) is 12.9. The molecule has 0 aliphatic carbocycles. The minimum Gasteiger partial charge on any atom is -0.380 e. The molecule has 1 heterocycles. The van der Waals surface area contributed by atoms with Crippen molar-refractivity contribution >= 4 is 10.9 Å². The van der Waals surface area contributed by atoms with Crippen molar-refractivity contribution in [2.24, 2.45) is 0 Å². The molecule has 1 aromatic heterocycles. The second kappa shape index (κ2) is 7.46. The van der Waals surface area contributed by atoms with E-state index in [-0.39, 0.29) is 0 Å². The molecule has 110 valence electrons. The molecule has 0 saturated heterocycles. The molecule has 0 radical (unpaired) electrons. The van der Waals surface area contributed by atoms with Crippen molar-refractivity contribution in [1.82, 2.24) is 9.88 Å². The molecule has 0 spiro atoms. The molecular formula is C17H26N2O. The molecule has 2 rings (SSSR count). The highest BCUT2D eigenvalue weighted by Gasteiger charge is 2.03. The standard InChI is InChI=1S/C17H26N2O/c1-4-10-20-11-9-19-8-7-16-6-5-15(12-17(16)19)13-18-14(2)3/h5-8,12,14,18H,4,9-11,13H2,1-3H3. The van der Waals surface area contributed by atoms with Gasteiger partial charge in [0.15, 0.2) is 0 Å². The van der Waals surface area contributed by atoms with Gasteiger partial charge < -0.3 is 14.6 Å².